The first-order valence-electron chi connectivity index (χ1n) is 17.5. The van der Waals surface area contributed by atoms with Crippen LogP contribution in [0.5, 0.6) is 0 Å². The normalized spacial score (nSPS) is 11.9. The van der Waals surface area contributed by atoms with Gasteiger partial charge < -0.3 is 0 Å². The van der Waals surface area contributed by atoms with Gasteiger partial charge in [-0.15, -0.1) is 0 Å². The third-order valence-corrected chi connectivity index (χ3v) is 8.18. The Morgan fingerprint density at radius 3 is 0.946 bits per heavy atom. The van der Waals surface area contributed by atoms with Crippen molar-refractivity contribution in [2.75, 3.05) is 0 Å². The lowest BCUT2D eigenvalue weighted by Crippen LogP contribution is -1.88. The molecule has 0 aromatic heterocycles. The fourth-order valence-corrected chi connectivity index (χ4v) is 5.54. The van der Waals surface area contributed by atoms with Gasteiger partial charge in [0.1, 0.15) is 6.29 Å². The molecule has 0 aliphatic carbocycles. The lowest BCUT2D eigenvalue weighted by atomic mass is 10.0. The van der Waals surface area contributed by atoms with Crippen LogP contribution in [0.25, 0.3) is 0 Å². The van der Waals surface area contributed by atoms with Crippen molar-refractivity contribution in [1.29, 1.82) is 0 Å². The Kier molecular flexibility index (Phi) is 32.9. The van der Waals surface area contributed by atoms with Crippen LogP contribution in [0.15, 0.2) is 11.6 Å². The highest BCUT2D eigenvalue weighted by Crippen LogP contribution is 2.16. The van der Waals surface area contributed by atoms with Gasteiger partial charge in [-0.2, -0.15) is 0 Å². The highest BCUT2D eigenvalue weighted by molar-refractivity contribution is 5.72. The van der Waals surface area contributed by atoms with Gasteiger partial charge in [0.2, 0.25) is 0 Å². The minimum Gasteiger partial charge on any atom is -0.298 e. The number of carbonyl (C=O) groups is 1. The maximum Gasteiger partial charge on any atom is 0.145 e. The Labute approximate surface area is 235 Å². The van der Waals surface area contributed by atoms with Gasteiger partial charge in [0.25, 0.3) is 0 Å². The van der Waals surface area contributed by atoms with E-state index >= 15 is 0 Å². The second kappa shape index (κ2) is 33.4. The van der Waals surface area contributed by atoms with Crippen LogP contribution in [0.1, 0.15) is 213 Å². The maximum absolute atomic E-state index is 11.4. The van der Waals surface area contributed by atoms with Gasteiger partial charge in [-0.3, -0.25) is 4.79 Å². The van der Waals surface area contributed by atoms with E-state index in [1.54, 1.807) is 0 Å². The van der Waals surface area contributed by atoms with E-state index in [0.717, 1.165) is 24.7 Å². The van der Waals surface area contributed by atoms with Crippen molar-refractivity contribution in [3.63, 3.8) is 0 Å². The van der Waals surface area contributed by atoms with Gasteiger partial charge in [0, 0.05) is 0 Å². The number of hydrogen-bond donors (Lipinski definition) is 0. The van der Waals surface area contributed by atoms with Crippen molar-refractivity contribution in [2.24, 2.45) is 0 Å². The van der Waals surface area contributed by atoms with Gasteiger partial charge in [-0.05, 0) is 31.3 Å². The summed E-state index contributed by atoms with van der Waals surface area (Å²) < 4.78 is 0. The Bertz CT molecular complexity index is 452. The Balaban J connectivity index is 3.34. The van der Waals surface area contributed by atoms with E-state index in [1.807, 2.05) is 0 Å². The fraction of sp³-hybridized carbons (Fsp3) is 0.917. The Hall–Kier alpha value is -0.590. The molecule has 0 aromatic rings. The predicted octanol–water partition coefficient (Wildman–Crippen LogP) is 13.2. The smallest absolute Gasteiger partial charge is 0.145 e. The summed E-state index contributed by atoms with van der Waals surface area (Å²) in [6, 6.07) is 0. The summed E-state index contributed by atoms with van der Waals surface area (Å²) in [5.41, 5.74) is 1.06. The molecule has 0 radical (unpaired) electrons. The van der Waals surface area contributed by atoms with Crippen LogP contribution in [-0.2, 0) is 4.79 Å². The van der Waals surface area contributed by atoms with Crippen LogP contribution in [0.4, 0.5) is 0 Å². The molecule has 0 atom stereocenters. The minimum atomic E-state index is 1.00. The van der Waals surface area contributed by atoms with Crippen LogP contribution in [0.3, 0.4) is 0 Å². The number of allylic oxidation sites excluding steroid dienone is 2. The predicted molar refractivity (Wildman–Crippen MR) is 169 cm³/mol. The summed E-state index contributed by atoms with van der Waals surface area (Å²) in [6.07, 6.45) is 46.1. The van der Waals surface area contributed by atoms with E-state index in [9.17, 15) is 4.79 Å². The second-order valence-corrected chi connectivity index (χ2v) is 12.0. The SMILES string of the molecule is CCCCCCCCCCCCCCCCCC=C(C=O)CCCCCCCCCCCCCCCC. The largest absolute Gasteiger partial charge is 0.298 e. The van der Waals surface area contributed by atoms with Crippen LogP contribution >= 0.6 is 0 Å². The molecule has 37 heavy (non-hydrogen) atoms. The van der Waals surface area contributed by atoms with Crippen molar-refractivity contribution in [3.8, 4) is 0 Å². The molecule has 1 nitrogen and oxygen atoms in total. The molecule has 0 aliphatic rings. The minimum absolute atomic E-state index is 1.00. The Morgan fingerprint density at radius 1 is 0.378 bits per heavy atom. The van der Waals surface area contributed by atoms with E-state index < -0.39 is 0 Å². The van der Waals surface area contributed by atoms with Crippen molar-refractivity contribution in [3.05, 3.63) is 11.6 Å². The van der Waals surface area contributed by atoms with Gasteiger partial charge in [-0.25, -0.2) is 0 Å². The first-order chi connectivity index (χ1) is 18.3. The lowest BCUT2D eigenvalue weighted by molar-refractivity contribution is -0.105. The zero-order valence-corrected chi connectivity index (χ0v) is 26.0. The summed E-state index contributed by atoms with van der Waals surface area (Å²) in [7, 11) is 0. The standard InChI is InChI=1S/C36H70O/c1-3-5-7-9-11-13-15-17-19-20-22-24-26-28-30-32-34-36(35-37)33-31-29-27-25-23-21-18-16-14-12-10-8-6-4-2/h34-35H,3-33H2,1-2H3. The topological polar surface area (TPSA) is 17.1 Å². The second-order valence-electron chi connectivity index (χ2n) is 12.0. The maximum atomic E-state index is 11.4. The first-order valence-corrected chi connectivity index (χ1v) is 17.5. The quantitative estimate of drug-likeness (QED) is 0.0491. The molecule has 0 rings (SSSR count). The van der Waals surface area contributed by atoms with Crippen LogP contribution in [-0.4, -0.2) is 6.29 Å². The number of hydrogen-bond acceptors (Lipinski definition) is 1. The van der Waals surface area contributed by atoms with Gasteiger partial charge in [0.05, 0.1) is 0 Å². The number of carbonyl (C=O) groups excluding carboxylic acids is 1. The van der Waals surface area contributed by atoms with Crippen LogP contribution in [0, 0.1) is 0 Å². The number of unbranched alkanes of at least 4 members (excludes halogenated alkanes) is 28. The number of rotatable bonds is 32. The molecule has 0 N–H and O–H groups in total. The third kappa shape index (κ3) is 31.5. The van der Waals surface area contributed by atoms with Crippen molar-refractivity contribution in [2.45, 2.75) is 213 Å². The Morgan fingerprint density at radius 2 is 0.649 bits per heavy atom. The molecule has 0 spiro atoms. The molecular weight excluding hydrogens is 448 g/mol. The van der Waals surface area contributed by atoms with Crippen LogP contribution < -0.4 is 0 Å². The van der Waals surface area contributed by atoms with Crippen molar-refractivity contribution >= 4 is 6.29 Å². The summed E-state index contributed by atoms with van der Waals surface area (Å²) in [5, 5.41) is 0. The molecule has 0 aliphatic heterocycles. The van der Waals surface area contributed by atoms with E-state index in [-0.39, 0.29) is 0 Å². The van der Waals surface area contributed by atoms with Gasteiger partial charge in [-0.1, -0.05) is 193 Å². The first kappa shape index (κ1) is 36.4. The summed E-state index contributed by atoms with van der Waals surface area (Å²) >= 11 is 0. The lowest BCUT2D eigenvalue weighted by Gasteiger charge is -2.04. The molecule has 1 heteroatoms. The van der Waals surface area contributed by atoms with E-state index in [1.165, 1.54) is 186 Å². The van der Waals surface area contributed by atoms with Crippen molar-refractivity contribution < 1.29 is 4.79 Å². The molecule has 0 amide bonds. The van der Waals surface area contributed by atoms with E-state index in [2.05, 4.69) is 19.9 Å². The molecular formula is C36H70O. The monoisotopic (exact) mass is 519 g/mol. The average Bonchev–Trinajstić information content (AvgIpc) is 2.91. The van der Waals surface area contributed by atoms with Crippen molar-refractivity contribution in [1.82, 2.24) is 0 Å². The van der Waals surface area contributed by atoms with E-state index in [0.29, 0.717) is 0 Å². The highest BCUT2D eigenvalue weighted by Gasteiger charge is 1.98. The molecule has 0 heterocycles. The van der Waals surface area contributed by atoms with Gasteiger partial charge >= 0.3 is 0 Å². The third-order valence-electron chi connectivity index (χ3n) is 8.18. The molecule has 0 bridgehead atoms. The summed E-state index contributed by atoms with van der Waals surface area (Å²) in [4.78, 5) is 11.4. The molecule has 0 unspecified atom stereocenters. The zero-order chi connectivity index (χ0) is 26.9. The zero-order valence-electron chi connectivity index (χ0n) is 26.0. The molecule has 0 saturated carbocycles. The molecule has 0 fully saturated rings. The molecule has 220 valence electrons. The van der Waals surface area contributed by atoms with E-state index in [4.69, 9.17) is 0 Å². The average molecular weight is 519 g/mol. The van der Waals surface area contributed by atoms with Gasteiger partial charge in [0.15, 0.2) is 0 Å². The van der Waals surface area contributed by atoms with Crippen LogP contribution in [0.2, 0.25) is 0 Å². The summed E-state index contributed by atoms with van der Waals surface area (Å²) in [6.45, 7) is 4.59. The fourth-order valence-electron chi connectivity index (χ4n) is 5.54. The number of aldehydes is 1. The summed E-state index contributed by atoms with van der Waals surface area (Å²) in [5.74, 6) is 0. The molecule has 0 aromatic carbocycles. The highest BCUT2D eigenvalue weighted by atomic mass is 16.1. The molecule has 0 saturated heterocycles.